The van der Waals surface area contributed by atoms with Crippen molar-refractivity contribution < 1.29 is 58.5 Å². The summed E-state index contributed by atoms with van der Waals surface area (Å²) in [6.07, 6.45) is 5.87. The first-order valence-electron chi connectivity index (χ1n) is 4.28. The maximum absolute atomic E-state index is 9.10. The Kier molecular flexibility index (Phi) is 24.4. The van der Waals surface area contributed by atoms with Crippen LogP contribution >= 0.6 is 11.8 Å². The van der Waals surface area contributed by atoms with Gasteiger partial charge in [0.1, 0.15) is 5.82 Å². The maximum atomic E-state index is 9.10. The van der Waals surface area contributed by atoms with Crippen molar-refractivity contribution in [1.29, 1.82) is 0 Å². The first kappa shape index (κ1) is 27.3. The molecule has 0 aromatic carbocycles. The van der Waals surface area contributed by atoms with E-state index in [1.165, 1.54) is 5.34 Å². The summed E-state index contributed by atoms with van der Waals surface area (Å²) in [4.78, 5) is 30.5. The zero-order valence-electron chi connectivity index (χ0n) is 10.4. The molecule has 1 aromatic rings. The Labute approximate surface area is 139 Å². The minimum Gasteiger partial charge on any atom is -1.00 e. The van der Waals surface area contributed by atoms with Crippen molar-refractivity contribution in [1.82, 2.24) is 9.55 Å². The number of hydrogen-bond donors (Lipinski definition) is 3. The third-order valence-electron chi connectivity index (χ3n) is 1.38. The molecule has 9 nitrogen and oxygen atoms in total. The topological polar surface area (TPSA) is 142 Å². The number of halogens is 1. The molecule has 0 unspecified atom stereocenters. The summed E-state index contributed by atoms with van der Waals surface area (Å²) in [5.74, 6) is -1.50. The second-order valence-corrected chi connectivity index (χ2v) is 3.45. The Hall–Kier alpha value is -1.12. The summed E-state index contributed by atoms with van der Waals surface area (Å²) < 4.78 is 2.04. The third-order valence-corrected chi connectivity index (χ3v) is 1.92. The molecule has 20 heavy (non-hydrogen) atoms. The zero-order chi connectivity index (χ0) is 14.6. The molecular weight excluding hydrogens is 497 g/mol. The molecule has 12 heteroatoms. The van der Waals surface area contributed by atoms with Gasteiger partial charge in [-0.2, -0.15) is 11.8 Å². The molecule has 3 N–H and O–H groups in total. The smallest absolute Gasteiger partial charge is 1.00 e. The molecule has 1 aromatic heterocycles. The van der Waals surface area contributed by atoms with E-state index >= 15 is 0 Å². The number of rotatable bonds is 2. The van der Waals surface area contributed by atoms with Crippen molar-refractivity contribution in [2.24, 2.45) is 12.4 Å². The number of carbonyl (C=O) groups is 2. The predicted octanol–water partition coefficient (Wildman–Crippen LogP) is -2.42. The molecule has 0 radical (unpaired) electrons. The van der Waals surface area contributed by atoms with Gasteiger partial charge in [-0.3, -0.25) is 0 Å². The fourth-order valence-electron chi connectivity index (χ4n) is 0.665. The first-order chi connectivity index (χ1) is 8.40. The number of hydrogen-bond acceptors (Lipinski definition) is 6. The van der Waals surface area contributed by atoms with E-state index in [0.717, 1.165) is 11.6 Å². The number of thioether (sulfide) groups is 1. The van der Waals surface area contributed by atoms with Crippen molar-refractivity contribution >= 4 is 23.7 Å². The van der Waals surface area contributed by atoms with Crippen LogP contribution in [0.3, 0.4) is 0 Å². The molecule has 0 spiro atoms. The summed E-state index contributed by atoms with van der Waals surface area (Å²) in [5.41, 5.74) is 0. The first-order valence-corrected chi connectivity index (χ1v) is 5.68. The van der Waals surface area contributed by atoms with Gasteiger partial charge in [-0.05, 0) is 6.26 Å². The van der Waals surface area contributed by atoms with Crippen molar-refractivity contribution in [3.63, 3.8) is 0 Å². The van der Waals surface area contributed by atoms with Crippen LogP contribution in [0.15, 0.2) is 17.7 Å². The molecule has 0 saturated heterocycles. The summed E-state index contributed by atoms with van der Waals surface area (Å²) in [5, 5.41) is 22.7. The number of aryl methyl sites for hydroxylation is 1. The van der Waals surface area contributed by atoms with Crippen molar-refractivity contribution in [3.05, 3.63) is 23.1 Å². The molecule has 1 heterocycles. The Morgan fingerprint density at radius 1 is 1.40 bits per heavy atom. The van der Waals surface area contributed by atoms with Gasteiger partial charge in [0.05, 0.1) is 5.75 Å². The van der Waals surface area contributed by atoms with Gasteiger partial charge in [0.15, 0.2) is 5.34 Å². The Bertz CT molecular complexity index is 380. The van der Waals surface area contributed by atoms with Crippen LogP contribution in [0.5, 0.6) is 0 Å². The fraction of sp³-hybridized carbons (Fsp3) is 0.375. The van der Waals surface area contributed by atoms with Crippen LogP contribution in [0.2, 0.25) is 0 Å². The minimum atomic E-state index is -1.82. The van der Waals surface area contributed by atoms with Gasteiger partial charge >= 0.3 is 33.0 Å². The van der Waals surface area contributed by atoms with Gasteiger partial charge < -0.3 is 32.4 Å². The number of nitrogens with zero attached hydrogens (tertiary/aromatic N) is 3. The SMILES string of the molecule is CSCc1nccn1C.O=C(O)C(=O)O.O=NO.[Cl-].[Pt+4]. The maximum Gasteiger partial charge on any atom is 4.00 e. The van der Waals surface area contributed by atoms with E-state index in [9.17, 15) is 0 Å². The summed E-state index contributed by atoms with van der Waals surface area (Å²) in [7, 11) is 2.01. The van der Waals surface area contributed by atoms with Crippen LogP contribution in [-0.2, 0) is 43.5 Å². The van der Waals surface area contributed by atoms with E-state index in [0.29, 0.717) is 0 Å². The number of imidazole rings is 1. The van der Waals surface area contributed by atoms with Gasteiger partial charge in [0.25, 0.3) is 0 Å². The molecule has 0 atom stereocenters. The van der Waals surface area contributed by atoms with E-state index in [2.05, 4.69) is 11.2 Å². The largest absolute Gasteiger partial charge is 4.00 e. The van der Waals surface area contributed by atoms with E-state index in [-0.39, 0.29) is 33.5 Å². The molecular formula is C8H13ClN3O6PtS+3. The Balaban J connectivity index is -0.000000103. The van der Waals surface area contributed by atoms with Crippen molar-refractivity contribution in [2.45, 2.75) is 5.75 Å². The van der Waals surface area contributed by atoms with E-state index in [4.69, 9.17) is 29.9 Å². The molecule has 116 valence electrons. The van der Waals surface area contributed by atoms with Crippen LogP contribution < -0.4 is 12.4 Å². The zero-order valence-corrected chi connectivity index (χ0v) is 14.2. The van der Waals surface area contributed by atoms with Gasteiger partial charge in [-0.25, -0.2) is 14.6 Å². The van der Waals surface area contributed by atoms with Gasteiger partial charge in [0, 0.05) is 19.4 Å². The van der Waals surface area contributed by atoms with Gasteiger partial charge in [-0.1, -0.05) is 0 Å². The van der Waals surface area contributed by atoms with Crippen LogP contribution in [-0.4, -0.2) is 43.2 Å². The van der Waals surface area contributed by atoms with Gasteiger partial charge in [0.2, 0.25) is 0 Å². The predicted molar refractivity (Wildman–Crippen MR) is 63.3 cm³/mol. The number of aromatic nitrogens is 2. The molecule has 0 aliphatic rings. The summed E-state index contributed by atoms with van der Waals surface area (Å²) in [6, 6.07) is 0. The average molecular weight is 510 g/mol. The quantitative estimate of drug-likeness (QED) is 0.227. The van der Waals surface area contributed by atoms with Gasteiger partial charge in [-0.15, -0.1) is 4.91 Å². The van der Waals surface area contributed by atoms with Crippen molar-refractivity contribution in [2.75, 3.05) is 6.26 Å². The second kappa shape index (κ2) is 17.9. The average Bonchev–Trinajstić information content (AvgIpc) is 2.67. The monoisotopic (exact) mass is 509 g/mol. The van der Waals surface area contributed by atoms with Crippen LogP contribution in [0.25, 0.3) is 0 Å². The molecule has 0 saturated carbocycles. The van der Waals surface area contributed by atoms with Crippen LogP contribution in [0, 0.1) is 4.91 Å². The normalized spacial score (nSPS) is 7.30. The number of carboxylic acid groups (broad SMARTS) is 2. The molecule has 0 aliphatic carbocycles. The minimum absolute atomic E-state index is 0. The van der Waals surface area contributed by atoms with E-state index in [1.54, 1.807) is 11.8 Å². The Morgan fingerprint density at radius 3 is 2.00 bits per heavy atom. The van der Waals surface area contributed by atoms with E-state index in [1.807, 2.05) is 24.0 Å². The molecule has 1 rings (SSSR count). The second-order valence-electron chi connectivity index (χ2n) is 2.58. The third kappa shape index (κ3) is 16.9. The number of carboxylic acids is 2. The standard InChI is InChI=1S/C6H10N2S.C2H2O4.ClH.HNO2.Pt/c1-8-4-3-7-6(8)5-9-2;3-1(4)2(5)6;;2-1-3;/h3-4H,5H2,1-2H3;(H,3,4)(H,5,6);1H;(H,2,3);/q;;;;+4/p-1. The van der Waals surface area contributed by atoms with Crippen LogP contribution in [0.1, 0.15) is 5.82 Å². The molecule has 0 amide bonds. The number of aliphatic carboxylic acids is 2. The van der Waals surface area contributed by atoms with E-state index < -0.39 is 11.9 Å². The summed E-state index contributed by atoms with van der Waals surface area (Å²) >= 11 is 1.79. The molecule has 0 aliphatic heterocycles. The molecule has 0 bridgehead atoms. The molecule has 0 fully saturated rings. The fourth-order valence-corrected chi connectivity index (χ4v) is 1.20. The summed E-state index contributed by atoms with van der Waals surface area (Å²) in [6.45, 7) is 0. The van der Waals surface area contributed by atoms with Crippen molar-refractivity contribution in [3.8, 4) is 0 Å². The van der Waals surface area contributed by atoms with Crippen LogP contribution in [0.4, 0.5) is 0 Å². The Morgan fingerprint density at radius 2 is 1.80 bits per heavy atom.